The molecule has 0 N–H and O–H groups in total. The molecule has 0 unspecified atom stereocenters. The van der Waals surface area contributed by atoms with E-state index in [0.717, 1.165) is 6.07 Å². The predicted molar refractivity (Wildman–Crippen MR) is 53.3 cm³/mol. The molecule has 0 heterocycles. The third-order valence-corrected chi connectivity index (χ3v) is 2.77. The number of alkyl halides is 3. The van der Waals surface area contributed by atoms with Crippen molar-refractivity contribution in [2.45, 2.75) is 12.4 Å². The average Bonchev–Trinajstić information content (AvgIpc) is 2.18. The van der Waals surface area contributed by atoms with Crippen LogP contribution in [0.5, 0.6) is 11.5 Å². The van der Waals surface area contributed by atoms with E-state index in [1.54, 1.807) is 6.92 Å². The Kier molecular flexibility index (Phi) is 3.56. The number of aryl methyl sites for hydroxylation is 1. The van der Waals surface area contributed by atoms with E-state index in [4.69, 9.17) is 4.74 Å². The highest BCUT2D eigenvalue weighted by Gasteiger charge is 2.48. The molecule has 0 aliphatic rings. The molecule has 8 heteroatoms. The van der Waals surface area contributed by atoms with E-state index in [9.17, 15) is 21.6 Å². The lowest BCUT2D eigenvalue weighted by atomic mass is 10.2. The molecule has 1 aromatic carbocycles. The van der Waals surface area contributed by atoms with Gasteiger partial charge in [-0.3, -0.25) is 0 Å². The number of halogens is 3. The van der Waals surface area contributed by atoms with Crippen molar-refractivity contribution in [3.63, 3.8) is 0 Å². The fraction of sp³-hybridized carbons (Fsp3) is 0.333. The van der Waals surface area contributed by atoms with E-state index < -0.39 is 21.4 Å². The smallest absolute Gasteiger partial charge is 0.493 e. The minimum atomic E-state index is -5.68. The third-order valence-electron chi connectivity index (χ3n) is 1.80. The van der Waals surface area contributed by atoms with Crippen molar-refractivity contribution >= 4 is 10.1 Å². The molecule has 4 nitrogen and oxygen atoms in total. The van der Waals surface area contributed by atoms with E-state index in [-0.39, 0.29) is 5.75 Å². The van der Waals surface area contributed by atoms with Crippen molar-refractivity contribution in [2.75, 3.05) is 7.11 Å². The van der Waals surface area contributed by atoms with Crippen LogP contribution in [-0.2, 0) is 10.1 Å². The van der Waals surface area contributed by atoms with Gasteiger partial charge in [0.05, 0.1) is 7.11 Å². The SMILES string of the molecule is COc1cc(C)ccc1OS(=O)(=O)C(F)(F)F. The second-order valence-corrected chi connectivity index (χ2v) is 4.68. The van der Waals surface area contributed by atoms with Gasteiger partial charge in [-0.05, 0) is 24.6 Å². The van der Waals surface area contributed by atoms with Crippen LogP contribution in [0.15, 0.2) is 18.2 Å². The van der Waals surface area contributed by atoms with Crippen LogP contribution in [-0.4, -0.2) is 21.0 Å². The molecule has 0 aliphatic carbocycles. The number of hydrogen-bond acceptors (Lipinski definition) is 4. The largest absolute Gasteiger partial charge is 0.534 e. The molecule has 0 fully saturated rings. The Labute approximate surface area is 96.1 Å². The Morgan fingerprint density at radius 2 is 1.76 bits per heavy atom. The van der Waals surface area contributed by atoms with Gasteiger partial charge in [0.1, 0.15) is 0 Å². The van der Waals surface area contributed by atoms with Crippen molar-refractivity contribution in [3.05, 3.63) is 23.8 Å². The monoisotopic (exact) mass is 270 g/mol. The number of methoxy groups -OCH3 is 1. The highest BCUT2D eigenvalue weighted by atomic mass is 32.2. The number of rotatable bonds is 3. The van der Waals surface area contributed by atoms with Crippen LogP contribution >= 0.6 is 0 Å². The normalized spacial score (nSPS) is 12.3. The van der Waals surface area contributed by atoms with Gasteiger partial charge in [0.2, 0.25) is 0 Å². The first-order chi connectivity index (χ1) is 7.67. The van der Waals surface area contributed by atoms with Gasteiger partial charge < -0.3 is 8.92 Å². The summed E-state index contributed by atoms with van der Waals surface area (Å²) in [4.78, 5) is 0. The van der Waals surface area contributed by atoms with Gasteiger partial charge in [-0.15, -0.1) is 0 Å². The Morgan fingerprint density at radius 3 is 2.24 bits per heavy atom. The Bertz CT molecular complexity index is 507. The van der Waals surface area contributed by atoms with Crippen LogP contribution in [0, 0.1) is 6.92 Å². The van der Waals surface area contributed by atoms with Crippen molar-refractivity contribution < 1.29 is 30.5 Å². The number of hydrogen-bond donors (Lipinski definition) is 0. The molecule has 0 saturated carbocycles. The van der Waals surface area contributed by atoms with Crippen molar-refractivity contribution in [1.29, 1.82) is 0 Å². The van der Waals surface area contributed by atoms with E-state index in [1.807, 2.05) is 0 Å². The van der Waals surface area contributed by atoms with Crippen molar-refractivity contribution in [1.82, 2.24) is 0 Å². The molecule has 0 aromatic heterocycles. The topological polar surface area (TPSA) is 52.6 Å². The molecule has 1 rings (SSSR count). The molecule has 17 heavy (non-hydrogen) atoms. The van der Waals surface area contributed by atoms with Crippen LogP contribution in [0.3, 0.4) is 0 Å². The van der Waals surface area contributed by atoms with Gasteiger partial charge >= 0.3 is 15.6 Å². The molecule has 0 radical (unpaired) electrons. The van der Waals surface area contributed by atoms with Crippen molar-refractivity contribution in [3.8, 4) is 11.5 Å². The van der Waals surface area contributed by atoms with Crippen LogP contribution in [0.25, 0.3) is 0 Å². The highest BCUT2D eigenvalue weighted by molar-refractivity contribution is 7.88. The number of benzene rings is 1. The van der Waals surface area contributed by atoms with E-state index in [2.05, 4.69) is 4.18 Å². The zero-order chi connectivity index (χ0) is 13.3. The van der Waals surface area contributed by atoms with Gasteiger partial charge in [0.15, 0.2) is 11.5 Å². The van der Waals surface area contributed by atoms with Gasteiger partial charge in [-0.1, -0.05) is 6.07 Å². The molecule has 0 aliphatic heterocycles. The maximum Gasteiger partial charge on any atom is 0.534 e. The van der Waals surface area contributed by atoms with Crippen LogP contribution < -0.4 is 8.92 Å². The Balaban J connectivity index is 3.13. The molecular formula is C9H9F3O4S. The lowest BCUT2D eigenvalue weighted by Crippen LogP contribution is -2.28. The lowest BCUT2D eigenvalue weighted by Gasteiger charge is -2.12. The molecular weight excluding hydrogens is 261 g/mol. The van der Waals surface area contributed by atoms with Gasteiger partial charge in [-0.2, -0.15) is 21.6 Å². The third kappa shape index (κ3) is 3.02. The first-order valence-electron chi connectivity index (χ1n) is 4.33. The summed E-state index contributed by atoms with van der Waals surface area (Å²) < 4.78 is 66.5. The summed E-state index contributed by atoms with van der Waals surface area (Å²) in [6.07, 6.45) is 0. The summed E-state index contributed by atoms with van der Waals surface area (Å²) in [5, 5.41) is 0. The summed E-state index contributed by atoms with van der Waals surface area (Å²) >= 11 is 0. The first-order valence-corrected chi connectivity index (χ1v) is 5.73. The summed E-state index contributed by atoms with van der Waals surface area (Å²) in [6.45, 7) is 1.67. The molecule has 0 atom stereocenters. The molecule has 1 aromatic rings. The molecule has 96 valence electrons. The van der Waals surface area contributed by atoms with Crippen LogP contribution in [0.1, 0.15) is 5.56 Å². The zero-order valence-electron chi connectivity index (χ0n) is 8.91. The van der Waals surface area contributed by atoms with Gasteiger partial charge in [0.25, 0.3) is 0 Å². The minimum absolute atomic E-state index is 0.0853. The van der Waals surface area contributed by atoms with Crippen LogP contribution in [0.4, 0.5) is 13.2 Å². The van der Waals surface area contributed by atoms with Gasteiger partial charge in [-0.25, -0.2) is 0 Å². The number of ether oxygens (including phenoxy) is 1. The fourth-order valence-electron chi connectivity index (χ4n) is 1.01. The minimum Gasteiger partial charge on any atom is -0.493 e. The van der Waals surface area contributed by atoms with E-state index in [0.29, 0.717) is 5.56 Å². The molecule has 0 bridgehead atoms. The predicted octanol–water partition coefficient (Wildman–Crippen LogP) is 2.23. The maximum atomic E-state index is 12.1. The average molecular weight is 270 g/mol. The summed E-state index contributed by atoms with van der Waals surface area (Å²) in [5.74, 6) is -0.590. The quantitative estimate of drug-likeness (QED) is 0.624. The Morgan fingerprint density at radius 1 is 1.18 bits per heavy atom. The van der Waals surface area contributed by atoms with E-state index >= 15 is 0 Å². The standard InChI is InChI=1S/C9H9F3O4S/c1-6-3-4-7(8(5-6)15-2)16-17(13,14)9(10,11)12/h3-5H,1-2H3. The summed E-state index contributed by atoms with van der Waals surface area (Å²) in [6, 6.07) is 3.86. The molecule has 0 saturated heterocycles. The summed E-state index contributed by atoms with van der Waals surface area (Å²) in [5.41, 5.74) is -4.78. The summed E-state index contributed by atoms with van der Waals surface area (Å²) in [7, 11) is -4.48. The molecule has 0 amide bonds. The van der Waals surface area contributed by atoms with Crippen LogP contribution in [0.2, 0.25) is 0 Å². The fourth-order valence-corrected chi connectivity index (χ4v) is 1.48. The second kappa shape index (κ2) is 4.44. The lowest BCUT2D eigenvalue weighted by molar-refractivity contribution is -0.0500. The zero-order valence-corrected chi connectivity index (χ0v) is 9.72. The van der Waals surface area contributed by atoms with E-state index in [1.165, 1.54) is 19.2 Å². The first kappa shape index (κ1) is 13.6. The van der Waals surface area contributed by atoms with Crippen molar-refractivity contribution in [2.24, 2.45) is 0 Å². The second-order valence-electron chi connectivity index (χ2n) is 3.14. The molecule has 0 spiro atoms. The van der Waals surface area contributed by atoms with Gasteiger partial charge in [0, 0.05) is 0 Å². The highest BCUT2D eigenvalue weighted by Crippen LogP contribution is 2.33. The maximum absolute atomic E-state index is 12.1. The Hall–Kier alpha value is -1.44.